The van der Waals surface area contributed by atoms with Gasteiger partial charge in [0.05, 0.1) is 24.8 Å². The van der Waals surface area contributed by atoms with Crippen LogP contribution in [-0.2, 0) is 9.47 Å². The number of carbonyl (C=O) groups excluding carboxylic acids is 3. The van der Waals surface area contributed by atoms with Gasteiger partial charge in [-0.3, -0.25) is 0 Å². The van der Waals surface area contributed by atoms with Gasteiger partial charge in [-0.15, -0.1) is 0 Å². The van der Waals surface area contributed by atoms with Gasteiger partial charge in [-0.05, 0) is 55.0 Å². The van der Waals surface area contributed by atoms with Gasteiger partial charge in [-0.2, -0.15) is 0 Å². The summed E-state index contributed by atoms with van der Waals surface area (Å²) in [6.45, 7) is 2.42. The minimum atomic E-state index is -0.445. The minimum Gasteiger partial charge on any atom is -0.465 e. The molecule has 142 valence electrons. The molecule has 0 spiro atoms. The molecule has 27 heavy (non-hydrogen) atoms. The first kappa shape index (κ1) is 20.0. The molecule has 0 saturated heterocycles. The van der Waals surface area contributed by atoms with Crippen molar-refractivity contribution in [2.24, 2.45) is 0 Å². The molecule has 0 unspecified atom stereocenters. The Morgan fingerprint density at radius 1 is 0.815 bits per heavy atom. The third-order valence-electron chi connectivity index (χ3n) is 3.67. The van der Waals surface area contributed by atoms with Crippen LogP contribution in [0.1, 0.15) is 40.5 Å². The summed E-state index contributed by atoms with van der Waals surface area (Å²) in [6, 6.07) is 12.3. The van der Waals surface area contributed by atoms with E-state index in [1.54, 1.807) is 48.5 Å². The van der Waals surface area contributed by atoms with Gasteiger partial charge in [-0.1, -0.05) is 13.3 Å². The summed E-state index contributed by atoms with van der Waals surface area (Å²) >= 11 is 0. The van der Waals surface area contributed by atoms with Crippen molar-refractivity contribution in [2.45, 2.75) is 19.8 Å². The average molecular weight is 370 g/mol. The Morgan fingerprint density at radius 3 is 1.74 bits per heavy atom. The highest BCUT2D eigenvalue weighted by atomic mass is 16.5. The van der Waals surface area contributed by atoms with E-state index >= 15 is 0 Å². The lowest BCUT2D eigenvalue weighted by molar-refractivity contribution is 0.0499. The van der Waals surface area contributed by atoms with Gasteiger partial charge >= 0.3 is 18.0 Å². The number of nitrogens with one attached hydrogen (secondary N) is 2. The SMILES string of the molecule is CCCCOC(=O)c1ccc(NC(=O)Nc2ccc(C(=O)OC)cc2)cc1. The molecular formula is C20H22N2O5. The molecule has 2 amide bonds. The molecule has 0 heterocycles. The Morgan fingerprint density at radius 2 is 1.30 bits per heavy atom. The number of methoxy groups -OCH3 is 1. The number of urea groups is 1. The number of ether oxygens (including phenoxy) is 2. The third-order valence-corrected chi connectivity index (χ3v) is 3.67. The topological polar surface area (TPSA) is 93.7 Å². The molecule has 2 aromatic rings. The fourth-order valence-electron chi connectivity index (χ4n) is 2.18. The zero-order valence-corrected chi connectivity index (χ0v) is 15.3. The van der Waals surface area contributed by atoms with Crippen molar-refractivity contribution in [3.63, 3.8) is 0 Å². The molecular weight excluding hydrogens is 348 g/mol. The number of hydrogen-bond acceptors (Lipinski definition) is 5. The Kier molecular flexibility index (Phi) is 7.37. The van der Waals surface area contributed by atoms with E-state index in [0.29, 0.717) is 29.1 Å². The van der Waals surface area contributed by atoms with Crippen molar-refractivity contribution in [2.75, 3.05) is 24.4 Å². The van der Waals surface area contributed by atoms with Crippen LogP contribution in [0.4, 0.5) is 16.2 Å². The lowest BCUT2D eigenvalue weighted by Crippen LogP contribution is -2.19. The zero-order valence-electron chi connectivity index (χ0n) is 15.3. The lowest BCUT2D eigenvalue weighted by Gasteiger charge is -2.09. The van der Waals surface area contributed by atoms with Crippen LogP contribution in [-0.4, -0.2) is 31.7 Å². The number of unbranched alkanes of at least 4 members (excludes halogenated alkanes) is 1. The second-order valence-electron chi connectivity index (χ2n) is 5.71. The van der Waals surface area contributed by atoms with E-state index in [1.165, 1.54) is 7.11 Å². The summed E-state index contributed by atoms with van der Waals surface area (Å²) in [5, 5.41) is 5.32. The molecule has 0 saturated carbocycles. The van der Waals surface area contributed by atoms with Crippen LogP contribution < -0.4 is 10.6 Å². The Bertz CT molecular complexity index is 785. The molecule has 0 aromatic heterocycles. The number of rotatable bonds is 7. The number of anilines is 2. The van der Waals surface area contributed by atoms with Crippen molar-refractivity contribution in [3.8, 4) is 0 Å². The van der Waals surface area contributed by atoms with Crippen LogP contribution in [0.2, 0.25) is 0 Å². The molecule has 0 aliphatic carbocycles. The van der Waals surface area contributed by atoms with E-state index in [1.807, 2.05) is 6.92 Å². The summed E-state index contributed by atoms with van der Waals surface area (Å²) in [5.74, 6) is -0.829. The Balaban J connectivity index is 1.88. The second-order valence-corrected chi connectivity index (χ2v) is 5.71. The molecule has 0 fully saturated rings. The van der Waals surface area contributed by atoms with Gasteiger partial charge in [0.1, 0.15) is 0 Å². The van der Waals surface area contributed by atoms with E-state index < -0.39 is 12.0 Å². The first-order valence-electron chi connectivity index (χ1n) is 8.57. The lowest BCUT2D eigenvalue weighted by atomic mass is 10.2. The maximum atomic E-state index is 12.0. The van der Waals surface area contributed by atoms with E-state index in [-0.39, 0.29) is 5.97 Å². The molecule has 0 bridgehead atoms. The number of carbonyl (C=O) groups is 3. The molecule has 0 aliphatic heterocycles. The van der Waals surface area contributed by atoms with Crippen molar-refractivity contribution in [1.29, 1.82) is 0 Å². The van der Waals surface area contributed by atoms with Gasteiger partial charge in [0.25, 0.3) is 0 Å². The normalized spacial score (nSPS) is 10.0. The smallest absolute Gasteiger partial charge is 0.338 e. The molecule has 0 radical (unpaired) electrons. The van der Waals surface area contributed by atoms with Gasteiger partial charge in [-0.25, -0.2) is 14.4 Å². The van der Waals surface area contributed by atoms with Crippen molar-refractivity contribution < 1.29 is 23.9 Å². The van der Waals surface area contributed by atoms with Crippen molar-refractivity contribution >= 4 is 29.3 Å². The van der Waals surface area contributed by atoms with Crippen LogP contribution in [0.15, 0.2) is 48.5 Å². The summed E-state index contributed by atoms with van der Waals surface area (Å²) in [4.78, 5) is 35.3. The van der Waals surface area contributed by atoms with Crippen LogP contribution in [0, 0.1) is 0 Å². The molecule has 2 N–H and O–H groups in total. The van der Waals surface area contributed by atoms with E-state index in [0.717, 1.165) is 12.8 Å². The summed E-state index contributed by atoms with van der Waals surface area (Å²) in [5.41, 5.74) is 1.88. The highest BCUT2D eigenvalue weighted by Gasteiger charge is 2.09. The second kappa shape index (κ2) is 9.96. The van der Waals surface area contributed by atoms with Crippen molar-refractivity contribution in [1.82, 2.24) is 0 Å². The Labute approximate surface area is 157 Å². The minimum absolute atomic E-state index is 0.384. The van der Waals surface area contributed by atoms with Gasteiger partial charge in [0.15, 0.2) is 0 Å². The highest BCUT2D eigenvalue weighted by Crippen LogP contribution is 2.13. The Hall–Kier alpha value is -3.35. The fraction of sp³-hybridized carbons (Fsp3) is 0.250. The number of benzene rings is 2. The third kappa shape index (κ3) is 6.14. The first-order chi connectivity index (χ1) is 13.0. The van der Waals surface area contributed by atoms with Crippen LogP contribution >= 0.6 is 0 Å². The fourth-order valence-corrected chi connectivity index (χ4v) is 2.18. The predicted octanol–water partition coefficient (Wildman–Crippen LogP) is 4.07. The quantitative estimate of drug-likeness (QED) is 0.566. The number of hydrogen-bond donors (Lipinski definition) is 2. The molecule has 0 aliphatic rings. The summed E-state index contributed by atoms with van der Waals surface area (Å²) in [7, 11) is 1.30. The van der Waals surface area contributed by atoms with E-state index in [4.69, 9.17) is 4.74 Å². The van der Waals surface area contributed by atoms with E-state index in [9.17, 15) is 14.4 Å². The average Bonchev–Trinajstić information content (AvgIpc) is 2.68. The zero-order chi connectivity index (χ0) is 19.6. The predicted molar refractivity (Wildman–Crippen MR) is 102 cm³/mol. The van der Waals surface area contributed by atoms with Gasteiger partial charge in [0.2, 0.25) is 0 Å². The molecule has 7 nitrogen and oxygen atoms in total. The summed E-state index contributed by atoms with van der Waals surface area (Å²) < 4.78 is 9.75. The maximum Gasteiger partial charge on any atom is 0.338 e. The van der Waals surface area contributed by atoms with Gasteiger partial charge < -0.3 is 20.1 Å². The van der Waals surface area contributed by atoms with Crippen molar-refractivity contribution in [3.05, 3.63) is 59.7 Å². The number of esters is 2. The first-order valence-corrected chi connectivity index (χ1v) is 8.57. The van der Waals surface area contributed by atoms with Gasteiger partial charge in [0, 0.05) is 11.4 Å². The monoisotopic (exact) mass is 370 g/mol. The number of amides is 2. The van der Waals surface area contributed by atoms with Crippen LogP contribution in [0.25, 0.3) is 0 Å². The van der Waals surface area contributed by atoms with E-state index in [2.05, 4.69) is 15.4 Å². The molecule has 2 aromatic carbocycles. The molecule has 7 heteroatoms. The highest BCUT2D eigenvalue weighted by molar-refractivity contribution is 6.00. The largest absolute Gasteiger partial charge is 0.465 e. The standard InChI is InChI=1S/C20H22N2O5/c1-3-4-13-27-19(24)15-7-11-17(12-8-15)22-20(25)21-16-9-5-14(6-10-16)18(23)26-2/h5-12H,3-4,13H2,1-2H3,(H2,21,22,25). The van der Waals surface area contributed by atoms with Crippen LogP contribution in [0.3, 0.4) is 0 Å². The molecule has 2 rings (SSSR count). The summed E-state index contributed by atoms with van der Waals surface area (Å²) in [6.07, 6.45) is 1.78. The van der Waals surface area contributed by atoms with Crippen LogP contribution in [0.5, 0.6) is 0 Å². The molecule has 0 atom stereocenters. The maximum absolute atomic E-state index is 12.0.